The Morgan fingerprint density at radius 2 is 1.96 bits per heavy atom. The number of aliphatic hydroxyl groups is 1. The SMILES string of the molecule is COc1ccc(CNCc2ccc(C)o2)cc1OC[C@@H](O)CN1CCCC1. The lowest BCUT2D eigenvalue weighted by Crippen LogP contribution is -2.33. The summed E-state index contributed by atoms with van der Waals surface area (Å²) in [7, 11) is 1.63. The van der Waals surface area contributed by atoms with Crippen molar-refractivity contribution in [1.82, 2.24) is 10.2 Å². The first-order valence-electron chi connectivity index (χ1n) is 9.60. The third-order valence-electron chi connectivity index (χ3n) is 4.75. The van der Waals surface area contributed by atoms with Crippen LogP contribution in [0.3, 0.4) is 0 Å². The molecule has 0 aliphatic carbocycles. The Morgan fingerprint density at radius 1 is 1.15 bits per heavy atom. The fraction of sp³-hybridized carbons (Fsp3) is 0.524. The second-order valence-electron chi connectivity index (χ2n) is 7.07. The summed E-state index contributed by atoms with van der Waals surface area (Å²) in [5.41, 5.74) is 1.09. The Hall–Kier alpha value is -2.02. The number of aryl methyl sites for hydroxylation is 1. The molecular formula is C21H30N2O4. The molecule has 0 amide bonds. The first-order chi connectivity index (χ1) is 13.1. The minimum absolute atomic E-state index is 0.259. The Morgan fingerprint density at radius 3 is 2.67 bits per heavy atom. The minimum Gasteiger partial charge on any atom is -0.493 e. The zero-order chi connectivity index (χ0) is 19.1. The number of hydrogen-bond acceptors (Lipinski definition) is 6. The summed E-state index contributed by atoms with van der Waals surface area (Å²) in [6.07, 6.45) is 1.93. The van der Waals surface area contributed by atoms with Gasteiger partial charge in [0.15, 0.2) is 11.5 Å². The smallest absolute Gasteiger partial charge is 0.161 e. The maximum absolute atomic E-state index is 10.2. The molecule has 1 saturated heterocycles. The van der Waals surface area contributed by atoms with E-state index in [1.165, 1.54) is 12.8 Å². The Balaban J connectivity index is 1.51. The molecule has 6 heteroatoms. The van der Waals surface area contributed by atoms with Gasteiger partial charge in [0.2, 0.25) is 0 Å². The number of hydrogen-bond donors (Lipinski definition) is 2. The van der Waals surface area contributed by atoms with Crippen molar-refractivity contribution in [1.29, 1.82) is 0 Å². The highest BCUT2D eigenvalue weighted by Gasteiger charge is 2.17. The van der Waals surface area contributed by atoms with Crippen LogP contribution in [0.25, 0.3) is 0 Å². The molecular weight excluding hydrogens is 344 g/mol. The van der Waals surface area contributed by atoms with Gasteiger partial charge in [-0.2, -0.15) is 0 Å². The van der Waals surface area contributed by atoms with E-state index in [2.05, 4.69) is 10.2 Å². The number of benzene rings is 1. The lowest BCUT2D eigenvalue weighted by Gasteiger charge is -2.20. The molecule has 1 aromatic heterocycles. The minimum atomic E-state index is -0.503. The standard InChI is InChI=1S/C21H30N2O4/c1-16-5-7-19(27-16)13-22-12-17-6-8-20(25-2)21(11-17)26-15-18(24)14-23-9-3-4-10-23/h5-8,11,18,22,24H,3-4,9-10,12-15H2,1-2H3/t18-/m0/s1. The summed E-state index contributed by atoms with van der Waals surface area (Å²) >= 11 is 0. The maximum Gasteiger partial charge on any atom is 0.161 e. The van der Waals surface area contributed by atoms with Crippen LogP contribution in [0.15, 0.2) is 34.7 Å². The van der Waals surface area contributed by atoms with Crippen molar-refractivity contribution in [3.8, 4) is 11.5 Å². The number of rotatable bonds is 10. The molecule has 0 bridgehead atoms. The summed E-state index contributed by atoms with van der Waals surface area (Å²) in [5, 5.41) is 13.6. The fourth-order valence-corrected chi connectivity index (χ4v) is 3.36. The van der Waals surface area contributed by atoms with Crippen molar-refractivity contribution in [2.24, 2.45) is 0 Å². The van der Waals surface area contributed by atoms with Crippen LogP contribution >= 0.6 is 0 Å². The van der Waals surface area contributed by atoms with Gasteiger partial charge in [-0.3, -0.25) is 0 Å². The zero-order valence-electron chi connectivity index (χ0n) is 16.2. The summed E-state index contributed by atoms with van der Waals surface area (Å²) in [4.78, 5) is 2.28. The predicted octanol–water partition coefficient (Wildman–Crippen LogP) is 2.72. The van der Waals surface area contributed by atoms with Crippen LogP contribution in [0.2, 0.25) is 0 Å². The van der Waals surface area contributed by atoms with Crippen molar-refractivity contribution < 1.29 is 19.0 Å². The largest absolute Gasteiger partial charge is 0.493 e. The van der Waals surface area contributed by atoms with E-state index in [0.717, 1.165) is 30.2 Å². The molecule has 1 fully saturated rings. The second kappa shape index (κ2) is 9.78. The lowest BCUT2D eigenvalue weighted by atomic mass is 10.2. The van der Waals surface area contributed by atoms with Crippen molar-refractivity contribution in [3.63, 3.8) is 0 Å². The second-order valence-corrected chi connectivity index (χ2v) is 7.07. The van der Waals surface area contributed by atoms with Crippen LogP contribution < -0.4 is 14.8 Å². The molecule has 0 unspecified atom stereocenters. The van der Waals surface area contributed by atoms with Gasteiger partial charge in [0.1, 0.15) is 24.2 Å². The molecule has 0 spiro atoms. The van der Waals surface area contributed by atoms with E-state index in [1.807, 2.05) is 37.3 Å². The number of methoxy groups -OCH3 is 1. The van der Waals surface area contributed by atoms with Gasteiger partial charge in [-0.25, -0.2) is 0 Å². The van der Waals surface area contributed by atoms with Crippen LogP contribution in [0.4, 0.5) is 0 Å². The van der Waals surface area contributed by atoms with E-state index in [-0.39, 0.29) is 6.61 Å². The highest BCUT2D eigenvalue weighted by Crippen LogP contribution is 2.28. The van der Waals surface area contributed by atoms with Crippen molar-refractivity contribution in [2.75, 3.05) is 33.4 Å². The van der Waals surface area contributed by atoms with Crippen LogP contribution in [0.5, 0.6) is 11.5 Å². The van der Waals surface area contributed by atoms with Gasteiger partial charge < -0.3 is 29.2 Å². The summed E-state index contributed by atoms with van der Waals surface area (Å²) in [6.45, 7) is 6.35. The zero-order valence-corrected chi connectivity index (χ0v) is 16.2. The Kier molecular flexibility index (Phi) is 7.15. The van der Waals surface area contributed by atoms with E-state index in [4.69, 9.17) is 13.9 Å². The Bertz CT molecular complexity index is 710. The third-order valence-corrected chi connectivity index (χ3v) is 4.75. The molecule has 148 valence electrons. The average Bonchev–Trinajstić information content (AvgIpc) is 3.32. The van der Waals surface area contributed by atoms with E-state index < -0.39 is 6.10 Å². The van der Waals surface area contributed by atoms with Gasteiger partial charge in [-0.1, -0.05) is 6.07 Å². The van der Waals surface area contributed by atoms with Gasteiger partial charge in [0.25, 0.3) is 0 Å². The number of β-amino-alcohol motifs (C(OH)–C–C–N with tert-alkyl or cyclic N) is 1. The third kappa shape index (κ3) is 5.99. The normalized spacial score (nSPS) is 15.8. The predicted molar refractivity (Wildman–Crippen MR) is 104 cm³/mol. The van der Waals surface area contributed by atoms with Crippen LogP contribution in [0, 0.1) is 6.92 Å². The van der Waals surface area contributed by atoms with Crippen molar-refractivity contribution >= 4 is 0 Å². The molecule has 2 N–H and O–H groups in total. The topological polar surface area (TPSA) is 67.1 Å². The maximum atomic E-state index is 10.2. The first kappa shape index (κ1) is 19.7. The van der Waals surface area contributed by atoms with E-state index in [9.17, 15) is 5.11 Å². The Labute approximate surface area is 161 Å². The average molecular weight is 374 g/mol. The van der Waals surface area contributed by atoms with Crippen molar-refractivity contribution in [2.45, 2.75) is 39.0 Å². The summed E-state index contributed by atoms with van der Waals surface area (Å²) in [6, 6.07) is 9.81. The molecule has 6 nitrogen and oxygen atoms in total. The van der Waals surface area contributed by atoms with Crippen LogP contribution in [0.1, 0.15) is 29.9 Å². The lowest BCUT2D eigenvalue weighted by molar-refractivity contribution is 0.0746. The van der Waals surface area contributed by atoms with E-state index in [1.54, 1.807) is 7.11 Å². The first-order valence-corrected chi connectivity index (χ1v) is 9.60. The summed E-state index contributed by atoms with van der Waals surface area (Å²) in [5.74, 6) is 3.17. The molecule has 0 radical (unpaired) electrons. The monoisotopic (exact) mass is 374 g/mol. The van der Waals surface area contributed by atoms with E-state index in [0.29, 0.717) is 31.1 Å². The van der Waals surface area contributed by atoms with Gasteiger partial charge in [0.05, 0.1) is 13.7 Å². The van der Waals surface area contributed by atoms with Crippen molar-refractivity contribution in [3.05, 3.63) is 47.4 Å². The molecule has 3 rings (SSSR count). The quantitative estimate of drug-likeness (QED) is 0.667. The van der Waals surface area contributed by atoms with Crippen LogP contribution in [-0.2, 0) is 13.1 Å². The fourth-order valence-electron chi connectivity index (χ4n) is 3.36. The number of nitrogens with one attached hydrogen (secondary N) is 1. The van der Waals surface area contributed by atoms with Crippen LogP contribution in [-0.4, -0.2) is 49.5 Å². The molecule has 2 heterocycles. The number of ether oxygens (including phenoxy) is 2. The molecule has 27 heavy (non-hydrogen) atoms. The van der Waals surface area contributed by atoms with Gasteiger partial charge >= 0.3 is 0 Å². The van der Waals surface area contributed by atoms with E-state index >= 15 is 0 Å². The molecule has 1 aliphatic heterocycles. The molecule has 1 aromatic carbocycles. The van der Waals surface area contributed by atoms with Gasteiger partial charge in [0, 0.05) is 13.1 Å². The highest BCUT2D eigenvalue weighted by molar-refractivity contribution is 5.43. The van der Waals surface area contributed by atoms with Gasteiger partial charge in [-0.05, 0) is 62.7 Å². The number of furan rings is 1. The molecule has 2 aromatic rings. The number of likely N-dealkylation sites (tertiary alicyclic amines) is 1. The molecule has 0 saturated carbocycles. The highest BCUT2D eigenvalue weighted by atomic mass is 16.5. The molecule has 1 atom stereocenters. The number of nitrogens with zero attached hydrogens (tertiary/aromatic N) is 1. The summed E-state index contributed by atoms with van der Waals surface area (Å²) < 4.78 is 16.8. The number of aliphatic hydroxyl groups excluding tert-OH is 1. The molecule has 1 aliphatic rings. The van der Waals surface area contributed by atoms with Gasteiger partial charge in [-0.15, -0.1) is 0 Å².